The van der Waals surface area contributed by atoms with E-state index < -0.39 is 12.0 Å². The van der Waals surface area contributed by atoms with Crippen molar-refractivity contribution < 1.29 is 22.6 Å². The maximum atomic E-state index is 13.1. The van der Waals surface area contributed by atoms with Crippen LogP contribution >= 0.6 is 11.6 Å². The van der Waals surface area contributed by atoms with Crippen LogP contribution < -0.4 is 9.47 Å². The molecule has 0 bridgehead atoms. The molecule has 3 rings (SSSR count). The monoisotopic (exact) mass is 332 g/mol. The Morgan fingerprint density at radius 3 is 2.32 bits per heavy atom. The molecule has 0 fully saturated rings. The zero-order valence-corrected chi connectivity index (χ0v) is 12.0. The number of nitrogens with zero attached hydrogens (tertiary/aromatic N) is 4. The largest absolute Gasteiger partial charge is 0.493 e. The Kier molecular flexibility index (Phi) is 3.24. The Hall–Kier alpha value is -2.29. The summed E-state index contributed by atoms with van der Waals surface area (Å²) in [5, 5.41) is 6.43. The molecule has 0 saturated carbocycles. The fourth-order valence-electron chi connectivity index (χ4n) is 2.11. The Bertz CT molecular complexity index is 878. The highest BCUT2D eigenvalue weighted by Crippen LogP contribution is 2.36. The van der Waals surface area contributed by atoms with E-state index >= 15 is 0 Å². The molecule has 1 aromatic carbocycles. The van der Waals surface area contributed by atoms with Gasteiger partial charge in [0.05, 0.1) is 25.3 Å². The molecule has 3 aromatic rings. The smallest absolute Gasteiger partial charge is 0.452 e. The molecule has 0 unspecified atom stereocenters. The average Bonchev–Trinajstić information content (AvgIpc) is 2.92. The van der Waals surface area contributed by atoms with E-state index in [1.165, 1.54) is 26.4 Å². The number of benzene rings is 1. The Morgan fingerprint density at radius 2 is 1.73 bits per heavy atom. The maximum absolute atomic E-state index is 13.1. The normalized spacial score (nSPS) is 12.1. The van der Waals surface area contributed by atoms with Crippen LogP contribution in [0.3, 0.4) is 0 Å². The van der Waals surface area contributed by atoms with Crippen LogP contribution in [0.5, 0.6) is 11.5 Å². The molecule has 6 nitrogen and oxygen atoms in total. The average molecular weight is 333 g/mol. The van der Waals surface area contributed by atoms with Gasteiger partial charge in [-0.25, -0.2) is 4.98 Å². The molecular weight excluding hydrogens is 325 g/mol. The minimum atomic E-state index is -4.69. The van der Waals surface area contributed by atoms with E-state index in [4.69, 9.17) is 21.1 Å². The van der Waals surface area contributed by atoms with Gasteiger partial charge >= 0.3 is 6.18 Å². The molecule has 0 radical (unpaired) electrons. The molecule has 10 heteroatoms. The van der Waals surface area contributed by atoms with Crippen LogP contribution in [-0.4, -0.2) is 33.8 Å². The molecule has 0 N–H and O–H groups in total. The first-order chi connectivity index (χ1) is 10.4. The van der Waals surface area contributed by atoms with E-state index in [-0.39, 0.29) is 27.6 Å². The Labute approximate surface area is 126 Å². The highest BCUT2D eigenvalue weighted by atomic mass is 35.5. The first kappa shape index (κ1) is 14.6. The standard InChI is InChI=1S/C12H8ClF3N4O2/c1-21-7-3-5-6(4-8(7)22-2)20-10(9(13)17-5)18-19-11(20)12(14,15)16/h3-4H,1-2H3. The zero-order chi connectivity index (χ0) is 16.1. The van der Waals surface area contributed by atoms with Crippen molar-refractivity contribution in [1.29, 1.82) is 0 Å². The van der Waals surface area contributed by atoms with Crippen molar-refractivity contribution >= 4 is 28.3 Å². The number of fused-ring (bicyclic) bond motifs is 3. The zero-order valence-electron chi connectivity index (χ0n) is 11.3. The van der Waals surface area contributed by atoms with Gasteiger partial charge in [0.2, 0.25) is 5.82 Å². The predicted molar refractivity (Wildman–Crippen MR) is 71.4 cm³/mol. The highest BCUT2D eigenvalue weighted by Gasteiger charge is 2.38. The third-order valence-electron chi connectivity index (χ3n) is 3.04. The van der Waals surface area contributed by atoms with Crippen molar-refractivity contribution in [3.8, 4) is 11.5 Å². The van der Waals surface area contributed by atoms with Crippen LogP contribution in [0.2, 0.25) is 5.15 Å². The summed E-state index contributed by atoms with van der Waals surface area (Å²) in [7, 11) is 2.78. The molecule has 0 atom stereocenters. The van der Waals surface area contributed by atoms with Crippen LogP contribution in [0.4, 0.5) is 13.2 Å². The second-order valence-electron chi connectivity index (χ2n) is 4.28. The van der Waals surface area contributed by atoms with Gasteiger partial charge in [0, 0.05) is 12.1 Å². The molecule has 2 heterocycles. The van der Waals surface area contributed by atoms with Gasteiger partial charge in [0.15, 0.2) is 22.3 Å². The number of methoxy groups -OCH3 is 2. The fourth-order valence-corrected chi connectivity index (χ4v) is 2.32. The molecule has 22 heavy (non-hydrogen) atoms. The lowest BCUT2D eigenvalue weighted by Gasteiger charge is -2.11. The summed E-state index contributed by atoms with van der Waals surface area (Å²) < 4.78 is 50.3. The van der Waals surface area contributed by atoms with E-state index in [1.807, 2.05) is 0 Å². The SMILES string of the molecule is COc1cc2nc(Cl)c3nnc(C(F)(F)F)n3c2cc1OC. The van der Waals surface area contributed by atoms with Crippen LogP contribution in [-0.2, 0) is 6.18 Å². The summed E-state index contributed by atoms with van der Waals surface area (Å²) >= 11 is 5.89. The highest BCUT2D eigenvalue weighted by molar-refractivity contribution is 6.32. The number of hydrogen-bond donors (Lipinski definition) is 0. The first-order valence-corrected chi connectivity index (χ1v) is 6.28. The number of halogens is 4. The van der Waals surface area contributed by atoms with E-state index in [2.05, 4.69) is 15.2 Å². The number of ether oxygens (including phenoxy) is 2. The molecule has 0 aliphatic rings. The molecular formula is C12H8ClF3N4O2. The predicted octanol–water partition coefficient (Wildman–Crippen LogP) is 2.97. The number of rotatable bonds is 2. The van der Waals surface area contributed by atoms with Gasteiger partial charge in [0.25, 0.3) is 0 Å². The summed E-state index contributed by atoms with van der Waals surface area (Å²) in [5.74, 6) is -0.620. The lowest BCUT2D eigenvalue weighted by atomic mass is 10.2. The van der Waals surface area contributed by atoms with Crippen molar-refractivity contribution in [2.24, 2.45) is 0 Å². The summed E-state index contributed by atoms with van der Waals surface area (Å²) in [6.07, 6.45) is -4.69. The van der Waals surface area contributed by atoms with Crippen molar-refractivity contribution in [3.63, 3.8) is 0 Å². The Balaban J connectivity index is 2.50. The van der Waals surface area contributed by atoms with Gasteiger partial charge in [-0.05, 0) is 0 Å². The van der Waals surface area contributed by atoms with Crippen molar-refractivity contribution in [2.75, 3.05) is 14.2 Å². The van der Waals surface area contributed by atoms with Gasteiger partial charge in [-0.3, -0.25) is 4.40 Å². The topological polar surface area (TPSA) is 61.5 Å². The van der Waals surface area contributed by atoms with Gasteiger partial charge in [0.1, 0.15) is 0 Å². The van der Waals surface area contributed by atoms with E-state index in [0.717, 1.165) is 4.40 Å². The summed E-state index contributed by atoms with van der Waals surface area (Å²) in [4.78, 5) is 4.02. The second-order valence-corrected chi connectivity index (χ2v) is 4.64. The van der Waals surface area contributed by atoms with E-state index in [1.54, 1.807) is 0 Å². The molecule has 0 saturated heterocycles. The van der Waals surface area contributed by atoms with Gasteiger partial charge < -0.3 is 9.47 Å². The summed E-state index contributed by atoms with van der Waals surface area (Å²) in [5.41, 5.74) is 0.114. The van der Waals surface area contributed by atoms with E-state index in [0.29, 0.717) is 5.75 Å². The van der Waals surface area contributed by atoms with E-state index in [9.17, 15) is 13.2 Å². The lowest BCUT2D eigenvalue weighted by Crippen LogP contribution is -2.11. The first-order valence-electron chi connectivity index (χ1n) is 5.90. The molecule has 0 aliphatic carbocycles. The molecule has 0 amide bonds. The van der Waals surface area contributed by atoms with Crippen molar-refractivity contribution in [1.82, 2.24) is 19.6 Å². The quantitative estimate of drug-likeness (QED) is 0.722. The molecule has 0 aliphatic heterocycles. The Morgan fingerprint density at radius 1 is 1.09 bits per heavy atom. The minimum Gasteiger partial charge on any atom is -0.493 e. The summed E-state index contributed by atoms with van der Waals surface area (Å²) in [6.45, 7) is 0. The van der Waals surface area contributed by atoms with Crippen molar-refractivity contribution in [3.05, 3.63) is 23.1 Å². The fraction of sp³-hybridized carbons (Fsp3) is 0.250. The number of hydrogen-bond acceptors (Lipinski definition) is 5. The number of aromatic nitrogens is 4. The minimum absolute atomic E-state index is 0.106. The van der Waals surface area contributed by atoms with Gasteiger partial charge in [-0.15, -0.1) is 10.2 Å². The van der Waals surface area contributed by atoms with Crippen molar-refractivity contribution in [2.45, 2.75) is 6.18 Å². The van der Waals surface area contributed by atoms with Crippen LogP contribution in [0.25, 0.3) is 16.7 Å². The third kappa shape index (κ3) is 2.08. The third-order valence-corrected chi connectivity index (χ3v) is 3.29. The van der Waals surface area contributed by atoms with Gasteiger partial charge in [-0.2, -0.15) is 13.2 Å². The maximum Gasteiger partial charge on any atom is 0.452 e. The van der Waals surface area contributed by atoms with Crippen LogP contribution in [0, 0.1) is 0 Å². The molecule has 116 valence electrons. The van der Waals surface area contributed by atoms with Gasteiger partial charge in [-0.1, -0.05) is 11.6 Å². The van der Waals surface area contributed by atoms with Crippen LogP contribution in [0.1, 0.15) is 5.82 Å². The lowest BCUT2D eigenvalue weighted by molar-refractivity contribution is -0.145. The molecule has 2 aromatic heterocycles. The molecule has 0 spiro atoms. The number of alkyl halides is 3. The second kappa shape index (κ2) is 4.87. The van der Waals surface area contributed by atoms with Crippen LogP contribution in [0.15, 0.2) is 12.1 Å². The summed E-state index contributed by atoms with van der Waals surface area (Å²) in [6, 6.07) is 2.79.